The molecule has 22 heavy (non-hydrogen) atoms. The van der Waals surface area contributed by atoms with Crippen molar-refractivity contribution in [1.29, 1.82) is 0 Å². The van der Waals surface area contributed by atoms with E-state index in [4.69, 9.17) is 10.5 Å². The van der Waals surface area contributed by atoms with Gasteiger partial charge in [-0.3, -0.25) is 4.79 Å². The highest BCUT2D eigenvalue weighted by Gasteiger charge is 2.39. The molecule has 4 nitrogen and oxygen atoms in total. The average Bonchev–Trinajstić information content (AvgIpc) is 2.48. The number of nitrogens with two attached hydrogens (primary N) is 1. The van der Waals surface area contributed by atoms with Gasteiger partial charge in [0.25, 0.3) is 5.91 Å². The van der Waals surface area contributed by atoms with Gasteiger partial charge in [-0.05, 0) is 55.7 Å². The smallest absolute Gasteiger partial charge is 0.251 e. The van der Waals surface area contributed by atoms with Crippen molar-refractivity contribution in [1.82, 2.24) is 5.32 Å². The Morgan fingerprint density at radius 3 is 2.59 bits per heavy atom. The standard InChI is InChI=1S/C17H24N2O2.ClH/c1-21-15-7-3-6-13(10-15)17(20)19-16-11-4-2-5-12(16)9-14(18)8-11;/h3,6-7,10-12,14,16H,2,4-5,8-9,18H2,1H3,(H,19,20);1H. The van der Waals surface area contributed by atoms with Crippen LogP contribution in [-0.2, 0) is 0 Å². The molecule has 122 valence electrons. The highest BCUT2D eigenvalue weighted by molar-refractivity contribution is 5.94. The summed E-state index contributed by atoms with van der Waals surface area (Å²) in [5.74, 6) is 1.81. The van der Waals surface area contributed by atoms with Crippen LogP contribution in [0.3, 0.4) is 0 Å². The van der Waals surface area contributed by atoms with E-state index in [-0.39, 0.29) is 24.4 Å². The van der Waals surface area contributed by atoms with E-state index in [0.717, 1.165) is 12.8 Å². The van der Waals surface area contributed by atoms with Crippen molar-refractivity contribution in [2.45, 2.75) is 44.2 Å². The molecule has 1 amide bonds. The average molecular weight is 325 g/mol. The van der Waals surface area contributed by atoms with Crippen LogP contribution in [0.4, 0.5) is 0 Å². The van der Waals surface area contributed by atoms with E-state index >= 15 is 0 Å². The number of nitrogens with one attached hydrogen (secondary N) is 1. The van der Waals surface area contributed by atoms with Gasteiger partial charge in [0.2, 0.25) is 0 Å². The molecule has 0 spiro atoms. The topological polar surface area (TPSA) is 64.3 Å². The highest BCUT2D eigenvalue weighted by Crippen LogP contribution is 2.39. The second-order valence-electron chi connectivity index (χ2n) is 6.41. The number of halogens is 1. The fraction of sp³-hybridized carbons (Fsp3) is 0.588. The van der Waals surface area contributed by atoms with Crippen LogP contribution in [0.2, 0.25) is 0 Å². The summed E-state index contributed by atoms with van der Waals surface area (Å²) in [6.07, 6.45) is 5.73. The maximum Gasteiger partial charge on any atom is 0.251 e. The van der Waals surface area contributed by atoms with Crippen molar-refractivity contribution in [3.63, 3.8) is 0 Å². The van der Waals surface area contributed by atoms with Crippen molar-refractivity contribution in [3.8, 4) is 5.75 Å². The van der Waals surface area contributed by atoms with Gasteiger partial charge >= 0.3 is 0 Å². The fourth-order valence-corrected chi connectivity index (χ4v) is 4.02. The zero-order valence-electron chi connectivity index (χ0n) is 13.0. The van der Waals surface area contributed by atoms with E-state index in [1.807, 2.05) is 18.2 Å². The molecule has 3 N–H and O–H groups in total. The van der Waals surface area contributed by atoms with Crippen LogP contribution in [0.15, 0.2) is 24.3 Å². The lowest BCUT2D eigenvalue weighted by Gasteiger charge is -2.45. The summed E-state index contributed by atoms with van der Waals surface area (Å²) < 4.78 is 5.19. The van der Waals surface area contributed by atoms with E-state index in [1.165, 1.54) is 19.3 Å². The van der Waals surface area contributed by atoms with Gasteiger partial charge in [-0.1, -0.05) is 12.5 Å². The van der Waals surface area contributed by atoms with E-state index in [0.29, 0.717) is 29.2 Å². The van der Waals surface area contributed by atoms with Crippen molar-refractivity contribution in [2.24, 2.45) is 17.6 Å². The van der Waals surface area contributed by atoms with Crippen molar-refractivity contribution >= 4 is 18.3 Å². The number of ether oxygens (including phenoxy) is 1. The van der Waals surface area contributed by atoms with Gasteiger partial charge in [0.1, 0.15) is 5.75 Å². The molecule has 0 aromatic heterocycles. The van der Waals surface area contributed by atoms with E-state index in [1.54, 1.807) is 13.2 Å². The number of carbonyl (C=O) groups is 1. The maximum atomic E-state index is 12.5. The zero-order chi connectivity index (χ0) is 14.8. The number of rotatable bonds is 3. The summed E-state index contributed by atoms with van der Waals surface area (Å²) in [5.41, 5.74) is 6.81. The summed E-state index contributed by atoms with van der Waals surface area (Å²) in [6, 6.07) is 7.93. The van der Waals surface area contributed by atoms with Crippen LogP contribution >= 0.6 is 12.4 Å². The molecule has 2 bridgehead atoms. The third-order valence-corrected chi connectivity index (χ3v) is 5.01. The van der Waals surface area contributed by atoms with Gasteiger partial charge in [0.05, 0.1) is 7.11 Å². The molecule has 2 saturated carbocycles. The molecule has 0 saturated heterocycles. The molecule has 5 heteroatoms. The van der Waals surface area contributed by atoms with Crippen molar-refractivity contribution in [3.05, 3.63) is 29.8 Å². The van der Waals surface area contributed by atoms with Crippen LogP contribution in [0, 0.1) is 11.8 Å². The maximum absolute atomic E-state index is 12.5. The van der Waals surface area contributed by atoms with Gasteiger partial charge in [0.15, 0.2) is 0 Å². The molecule has 2 aliphatic rings. The summed E-state index contributed by atoms with van der Waals surface area (Å²) in [5, 5.41) is 3.26. The van der Waals surface area contributed by atoms with Crippen LogP contribution in [-0.4, -0.2) is 25.1 Å². The Morgan fingerprint density at radius 2 is 1.95 bits per heavy atom. The molecule has 2 aliphatic carbocycles. The lowest BCUT2D eigenvalue weighted by atomic mass is 9.67. The zero-order valence-corrected chi connectivity index (χ0v) is 13.8. The predicted molar refractivity (Wildman–Crippen MR) is 89.5 cm³/mol. The molecule has 3 rings (SSSR count). The van der Waals surface area contributed by atoms with E-state index in [9.17, 15) is 4.79 Å². The molecule has 1 aromatic rings. The van der Waals surface area contributed by atoms with Crippen LogP contribution < -0.4 is 15.8 Å². The van der Waals surface area contributed by atoms with Gasteiger partial charge in [-0.2, -0.15) is 0 Å². The summed E-state index contributed by atoms with van der Waals surface area (Å²) in [4.78, 5) is 12.5. The molecule has 2 unspecified atom stereocenters. The minimum Gasteiger partial charge on any atom is -0.497 e. The van der Waals surface area contributed by atoms with E-state index < -0.39 is 0 Å². The Morgan fingerprint density at radius 1 is 1.27 bits per heavy atom. The number of methoxy groups -OCH3 is 1. The first-order valence-corrected chi connectivity index (χ1v) is 7.88. The number of fused-ring (bicyclic) bond motifs is 2. The van der Waals surface area contributed by atoms with Crippen molar-refractivity contribution < 1.29 is 9.53 Å². The normalized spacial score (nSPS) is 30.1. The Balaban J connectivity index is 0.00000176. The first-order valence-electron chi connectivity index (χ1n) is 7.88. The SMILES string of the molecule is COc1cccc(C(=O)NC2C3CCCC2CC(N)C3)c1.Cl. The molecule has 2 atom stereocenters. The van der Waals surface area contributed by atoms with Gasteiger partial charge in [0, 0.05) is 17.6 Å². The van der Waals surface area contributed by atoms with Crippen molar-refractivity contribution in [2.75, 3.05) is 7.11 Å². The quantitative estimate of drug-likeness (QED) is 0.898. The molecule has 0 aliphatic heterocycles. The third kappa shape index (κ3) is 3.55. The third-order valence-electron chi connectivity index (χ3n) is 5.01. The fourth-order valence-electron chi connectivity index (χ4n) is 4.02. The number of benzene rings is 1. The summed E-state index contributed by atoms with van der Waals surface area (Å²) >= 11 is 0. The molecule has 0 radical (unpaired) electrons. The van der Waals surface area contributed by atoms with Crippen LogP contribution in [0.1, 0.15) is 42.5 Å². The monoisotopic (exact) mass is 324 g/mol. The second kappa shape index (κ2) is 7.34. The minimum atomic E-state index is 0. The first kappa shape index (κ1) is 17.1. The molecule has 1 aromatic carbocycles. The Kier molecular flexibility index (Phi) is 5.70. The Labute approximate surface area is 138 Å². The minimum absolute atomic E-state index is 0. The number of amides is 1. The van der Waals surface area contributed by atoms with Gasteiger partial charge in [-0.15, -0.1) is 12.4 Å². The molecule has 2 fully saturated rings. The van der Waals surface area contributed by atoms with Crippen LogP contribution in [0.25, 0.3) is 0 Å². The number of hydrogen-bond acceptors (Lipinski definition) is 3. The van der Waals surface area contributed by atoms with Gasteiger partial charge < -0.3 is 15.8 Å². The number of hydrogen-bond donors (Lipinski definition) is 2. The van der Waals surface area contributed by atoms with Crippen LogP contribution in [0.5, 0.6) is 5.75 Å². The molecular formula is C17H25ClN2O2. The summed E-state index contributed by atoms with van der Waals surface area (Å²) in [7, 11) is 1.62. The predicted octanol–water partition coefficient (Wildman–Crippen LogP) is 2.75. The summed E-state index contributed by atoms with van der Waals surface area (Å²) in [6.45, 7) is 0. The lowest BCUT2D eigenvalue weighted by Crippen LogP contribution is -2.53. The molecular weight excluding hydrogens is 300 g/mol. The lowest BCUT2D eigenvalue weighted by molar-refractivity contribution is 0.0755. The second-order valence-corrected chi connectivity index (χ2v) is 6.41. The highest BCUT2D eigenvalue weighted by atomic mass is 35.5. The Bertz CT molecular complexity index is 509. The largest absolute Gasteiger partial charge is 0.497 e. The number of carbonyl (C=O) groups excluding carboxylic acids is 1. The van der Waals surface area contributed by atoms with E-state index in [2.05, 4.69) is 5.32 Å². The van der Waals surface area contributed by atoms with Gasteiger partial charge in [-0.25, -0.2) is 0 Å². The Hall–Kier alpha value is -1.26. The molecule has 0 heterocycles. The first-order chi connectivity index (χ1) is 10.2.